The van der Waals surface area contributed by atoms with E-state index in [4.69, 9.17) is 0 Å². The number of H-pyrrole nitrogens is 1. The van der Waals surface area contributed by atoms with E-state index in [0.717, 1.165) is 41.0 Å². The Kier molecular flexibility index (Phi) is 4.56. The van der Waals surface area contributed by atoms with Crippen molar-refractivity contribution in [1.82, 2.24) is 9.78 Å². The summed E-state index contributed by atoms with van der Waals surface area (Å²) < 4.78 is 1.57. The molecule has 1 amide bonds. The van der Waals surface area contributed by atoms with Crippen LogP contribution in [0, 0.1) is 5.92 Å². The highest BCUT2D eigenvalue weighted by molar-refractivity contribution is 5.94. The van der Waals surface area contributed by atoms with Crippen LogP contribution >= 0.6 is 0 Å². The maximum absolute atomic E-state index is 13.4. The van der Waals surface area contributed by atoms with Gasteiger partial charge < -0.3 is 5.32 Å². The SMILES string of the molecule is O=C(Nc1ccc(-c2c(-c3ccccc3)[nH]n(-c3ccccc3)c2=O)cc1)C1CC1. The third kappa shape index (κ3) is 3.46. The van der Waals surface area contributed by atoms with Crippen LogP contribution in [0.25, 0.3) is 28.1 Å². The third-order valence-electron chi connectivity index (χ3n) is 5.36. The van der Waals surface area contributed by atoms with Crippen molar-refractivity contribution in [3.05, 3.63) is 95.3 Å². The number of rotatable bonds is 5. The molecule has 1 fully saturated rings. The van der Waals surface area contributed by atoms with Gasteiger partial charge in [0.25, 0.3) is 5.56 Å². The van der Waals surface area contributed by atoms with Crippen LogP contribution in [0.3, 0.4) is 0 Å². The van der Waals surface area contributed by atoms with E-state index >= 15 is 0 Å². The summed E-state index contributed by atoms with van der Waals surface area (Å²) >= 11 is 0. The fourth-order valence-electron chi connectivity index (χ4n) is 3.59. The van der Waals surface area contributed by atoms with Crippen LogP contribution in [0.2, 0.25) is 0 Å². The summed E-state index contributed by atoms with van der Waals surface area (Å²) in [4.78, 5) is 25.4. The van der Waals surface area contributed by atoms with E-state index in [0.29, 0.717) is 5.56 Å². The van der Waals surface area contributed by atoms with Crippen LogP contribution < -0.4 is 10.9 Å². The fraction of sp³-hybridized carbons (Fsp3) is 0.120. The summed E-state index contributed by atoms with van der Waals surface area (Å²) in [6, 6.07) is 26.8. The molecule has 30 heavy (non-hydrogen) atoms. The molecule has 5 rings (SSSR count). The standard InChI is InChI=1S/C25H21N3O2/c29-24(19-11-12-19)26-20-15-13-17(14-16-20)22-23(18-7-3-1-4-8-18)27-28(25(22)30)21-9-5-2-6-10-21/h1-10,13-16,19,27H,11-12H2,(H,26,29). The van der Waals surface area contributed by atoms with E-state index in [-0.39, 0.29) is 17.4 Å². The molecule has 0 saturated heterocycles. The predicted molar refractivity (Wildman–Crippen MR) is 119 cm³/mol. The van der Waals surface area contributed by atoms with Gasteiger partial charge in [-0.1, -0.05) is 60.7 Å². The minimum absolute atomic E-state index is 0.0702. The molecule has 0 spiro atoms. The lowest BCUT2D eigenvalue weighted by molar-refractivity contribution is -0.117. The minimum atomic E-state index is -0.116. The van der Waals surface area contributed by atoms with Gasteiger partial charge in [-0.25, -0.2) is 4.68 Å². The number of benzene rings is 3. The van der Waals surface area contributed by atoms with Crippen molar-refractivity contribution >= 4 is 11.6 Å². The Morgan fingerprint density at radius 3 is 2.10 bits per heavy atom. The zero-order valence-electron chi connectivity index (χ0n) is 16.3. The van der Waals surface area contributed by atoms with Crippen molar-refractivity contribution in [2.24, 2.45) is 5.92 Å². The van der Waals surface area contributed by atoms with Crippen molar-refractivity contribution in [3.8, 4) is 28.1 Å². The highest BCUT2D eigenvalue weighted by Crippen LogP contribution is 2.32. The lowest BCUT2D eigenvalue weighted by Gasteiger charge is -2.06. The van der Waals surface area contributed by atoms with Crippen molar-refractivity contribution < 1.29 is 4.79 Å². The molecule has 4 aromatic rings. The van der Waals surface area contributed by atoms with Crippen molar-refractivity contribution in [2.45, 2.75) is 12.8 Å². The Labute approximate surface area is 174 Å². The van der Waals surface area contributed by atoms with Crippen molar-refractivity contribution in [1.29, 1.82) is 0 Å². The third-order valence-corrected chi connectivity index (χ3v) is 5.36. The molecule has 148 valence electrons. The Balaban J connectivity index is 1.59. The quantitative estimate of drug-likeness (QED) is 0.507. The molecule has 3 aromatic carbocycles. The molecule has 5 heteroatoms. The zero-order valence-corrected chi connectivity index (χ0v) is 16.3. The number of para-hydroxylation sites is 1. The van der Waals surface area contributed by atoms with Gasteiger partial charge in [0, 0.05) is 17.2 Å². The Morgan fingerprint density at radius 2 is 1.47 bits per heavy atom. The summed E-state index contributed by atoms with van der Waals surface area (Å²) in [6.45, 7) is 0. The highest BCUT2D eigenvalue weighted by Gasteiger charge is 2.29. The monoisotopic (exact) mass is 395 g/mol. The van der Waals surface area contributed by atoms with Gasteiger partial charge >= 0.3 is 0 Å². The summed E-state index contributed by atoms with van der Waals surface area (Å²) in [6.07, 6.45) is 1.93. The van der Waals surface area contributed by atoms with Gasteiger partial charge in [-0.05, 0) is 42.7 Å². The normalized spacial score (nSPS) is 13.2. The smallest absolute Gasteiger partial charge is 0.279 e. The first-order valence-corrected chi connectivity index (χ1v) is 10.1. The molecular weight excluding hydrogens is 374 g/mol. The lowest BCUT2D eigenvalue weighted by atomic mass is 10.0. The van der Waals surface area contributed by atoms with E-state index < -0.39 is 0 Å². The number of aromatic nitrogens is 2. The van der Waals surface area contributed by atoms with Gasteiger partial charge in [0.1, 0.15) is 0 Å². The molecular formula is C25H21N3O2. The first kappa shape index (κ1) is 18.2. The van der Waals surface area contributed by atoms with E-state index in [2.05, 4.69) is 10.4 Å². The molecule has 1 aliphatic carbocycles. The Hall–Kier alpha value is -3.86. The number of amides is 1. The Bertz CT molecular complexity index is 1240. The first-order chi connectivity index (χ1) is 14.7. The Morgan fingerprint density at radius 1 is 0.833 bits per heavy atom. The van der Waals surface area contributed by atoms with Gasteiger partial charge in [0.15, 0.2) is 0 Å². The van der Waals surface area contributed by atoms with Crippen LogP contribution in [-0.4, -0.2) is 15.7 Å². The molecule has 0 atom stereocenters. The number of carbonyl (C=O) groups is 1. The predicted octanol–water partition coefficient (Wildman–Crippen LogP) is 4.85. The molecule has 0 aliphatic heterocycles. The molecule has 1 aromatic heterocycles. The largest absolute Gasteiger partial charge is 0.326 e. The van der Waals surface area contributed by atoms with Crippen molar-refractivity contribution in [2.75, 3.05) is 5.32 Å². The summed E-state index contributed by atoms with van der Waals surface area (Å²) in [5.74, 6) is 0.220. The number of hydrogen-bond acceptors (Lipinski definition) is 2. The van der Waals surface area contributed by atoms with E-state index in [1.165, 1.54) is 0 Å². The van der Waals surface area contributed by atoms with Crippen molar-refractivity contribution in [3.63, 3.8) is 0 Å². The second-order valence-electron chi connectivity index (χ2n) is 7.54. The molecule has 1 heterocycles. The van der Waals surface area contributed by atoms with E-state index in [1.807, 2.05) is 84.9 Å². The maximum atomic E-state index is 13.4. The van der Waals surface area contributed by atoms with E-state index in [9.17, 15) is 9.59 Å². The van der Waals surface area contributed by atoms with Crippen LogP contribution in [0.1, 0.15) is 12.8 Å². The molecule has 0 radical (unpaired) electrons. The fourth-order valence-corrected chi connectivity index (χ4v) is 3.59. The number of nitrogens with zero attached hydrogens (tertiary/aromatic N) is 1. The first-order valence-electron chi connectivity index (χ1n) is 10.1. The van der Waals surface area contributed by atoms with Gasteiger partial charge in [-0.15, -0.1) is 0 Å². The molecule has 0 bridgehead atoms. The van der Waals surface area contributed by atoms with E-state index in [1.54, 1.807) is 4.68 Å². The van der Waals surface area contributed by atoms with Crippen LogP contribution in [0.5, 0.6) is 0 Å². The molecule has 0 unspecified atom stereocenters. The highest BCUT2D eigenvalue weighted by atomic mass is 16.2. The van der Waals surface area contributed by atoms with Crippen LogP contribution in [-0.2, 0) is 4.79 Å². The summed E-state index contributed by atoms with van der Waals surface area (Å²) in [5, 5.41) is 6.23. The van der Waals surface area contributed by atoms with Gasteiger partial charge in [-0.3, -0.25) is 14.7 Å². The number of hydrogen-bond donors (Lipinski definition) is 2. The average Bonchev–Trinajstić information content (AvgIpc) is 3.59. The molecule has 5 nitrogen and oxygen atoms in total. The second-order valence-corrected chi connectivity index (χ2v) is 7.54. The summed E-state index contributed by atoms with van der Waals surface area (Å²) in [5.41, 5.74) is 4.51. The zero-order chi connectivity index (χ0) is 20.5. The second kappa shape index (κ2) is 7.52. The number of anilines is 1. The topological polar surface area (TPSA) is 66.9 Å². The minimum Gasteiger partial charge on any atom is -0.326 e. The number of carbonyl (C=O) groups excluding carboxylic acids is 1. The van der Waals surface area contributed by atoms with Crippen LogP contribution in [0.4, 0.5) is 5.69 Å². The maximum Gasteiger partial charge on any atom is 0.279 e. The molecule has 2 N–H and O–H groups in total. The molecule has 1 saturated carbocycles. The summed E-state index contributed by atoms with van der Waals surface area (Å²) in [7, 11) is 0. The number of aromatic amines is 1. The van der Waals surface area contributed by atoms with Crippen LogP contribution in [0.15, 0.2) is 89.7 Å². The molecule has 1 aliphatic rings. The van der Waals surface area contributed by atoms with Gasteiger partial charge in [-0.2, -0.15) is 0 Å². The van der Waals surface area contributed by atoms with Gasteiger partial charge in [0.05, 0.1) is 16.9 Å². The number of nitrogens with one attached hydrogen (secondary N) is 2. The lowest BCUT2D eigenvalue weighted by Crippen LogP contribution is -2.15. The van der Waals surface area contributed by atoms with Gasteiger partial charge in [0.2, 0.25) is 5.91 Å². The average molecular weight is 395 g/mol.